The maximum atomic E-state index is 5.90. The van der Waals surface area contributed by atoms with E-state index >= 15 is 0 Å². The highest BCUT2D eigenvalue weighted by atomic mass is 35.5. The van der Waals surface area contributed by atoms with Crippen molar-refractivity contribution in [3.63, 3.8) is 0 Å². The first-order valence-corrected chi connectivity index (χ1v) is 5.77. The maximum absolute atomic E-state index is 5.90. The molecular formula is C12H14ClN3O. The van der Waals surface area contributed by atoms with Gasteiger partial charge in [0.25, 0.3) is 0 Å². The van der Waals surface area contributed by atoms with Crippen LogP contribution in [0.4, 0.5) is 5.82 Å². The van der Waals surface area contributed by atoms with Crippen LogP contribution in [0.25, 0.3) is 0 Å². The Kier molecular flexibility index (Phi) is 3.54. The lowest BCUT2D eigenvalue weighted by Crippen LogP contribution is -2.04. The molecule has 4 nitrogen and oxygen atoms in total. The van der Waals surface area contributed by atoms with Crippen LogP contribution in [-0.4, -0.2) is 9.78 Å². The number of hydrogen-bond acceptors (Lipinski definition) is 3. The molecule has 90 valence electrons. The summed E-state index contributed by atoms with van der Waals surface area (Å²) in [6, 6.07) is 7.27. The minimum absolute atomic E-state index is 0.395. The largest absolute Gasteiger partial charge is 0.489 e. The fourth-order valence-corrected chi connectivity index (χ4v) is 1.69. The number of aromatic nitrogens is 2. The van der Waals surface area contributed by atoms with Crippen molar-refractivity contribution in [1.82, 2.24) is 9.78 Å². The third kappa shape index (κ3) is 2.71. The monoisotopic (exact) mass is 251 g/mol. The fourth-order valence-electron chi connectivity index (χ4n) is 1.51. The smallest absolute Gasteiger partial charge is 0.128 e. The third-order valence-electron chi connectivity index (χ3n) is 2.45. The average Bonchev–Trinajstić information content (AvgIpc) is 2.67. The first kappa shape index (κ1) is 11.8. The molecule has 0 bridgehead atoms. The van der Waals surface area contributed by atoms with Gasteiger partial charge in [0.05, 0.1) is 11.8 Å². The van der Waals surface area contributed by atoms with Crippen LogP contribution in [0.5, 0.6) is 5.75 Å². The predicted molar refractivity (Wildman–Crippen MR) is 68.1 cm³/mol. The van der Waals surface area contributed by atoms with Gasteiger partial charge >= 0.3 is 0 Å². The first-order chi connectivity index (χ1) is 8.20. The van der Waals surface area contributed by atoms with Crippen molar-refractivity contribution >= 4 is 17.4 Å². The van der Waals surface area contributed by atoms with Gasteiger partial charge in [-0.1, -0.05) is 17.7 Å². The molecule has 1 aromatic carbocycles. The number of rotatable bonds is 4. The van der Waals surface area contributed by atoms with Crippen LogP contribution >= 0.6 is 11.6 Å². The van der Waals surface area contributed by atoms with Crippen LogP contribution in [-0.2, 0) is 13.2 Å². The summed E-state index contributed by atoms with van der Waals surface area (Å²) in [4.78, 5) is 0. The number of benzene rings is 1. The van der Waals surface area contributed by atoms with E-state index < -0.39 is 0 Å². The molecule has 0 fully saturated rings. The number of nitrogens with two attached hydrogens (primary N) is 1. The number of aryl methyl sites for hydroxylation is 1. The van der Waals surface area contributed by atoms with Crippen molar-refractivity contribution in [2.24, 2.45) is 0 Å². The van der Waals surface area contributed by atoms with Crippen molar-refractivity contribution in [2.45, 2.75) is 20.1 Å². The van der Waals surface area contributed by atoms with E-state index in [1.165, 1.54) is 0 Å². The molecule has 0 spiro atoms. The van der Waals surface area contributed by atoms with E-state index in [0.717, 1.165) is 17.9 Å². The Hall–Kier alpha value is -1.68. The Morgan fingerprint density at radius 2 is 2.29 bits per heavy atom. The van der Waals surface area contributed by atoms with Gasteiger partial charge in [-0.2, -0.15) is 5.10 Å². The summed E-state index contributed by atoms with van der Waals surface area (Å²) >= 11 is 5.86. The lowest BCUT2D eigenvalue weighted by Gasteiger charge is -2.06. The highest BCUT2D eigenvalue weighted by Crippen LogP contribution is 2.19. The molecule has 0 aliphatic heterocycles. The topological polar surface area (TPSA) is 53.1 Å². The third-order valence-corrected chi connectivity index (χ3v) is 2.69. The molecule has 0 saturated carbocycles. The second kappa shape index (κ2) is 5.10. The van der Waals surface area contributed by atoms with Gasteiger partial charge in [-0.15, -0.1) is 0 Å². The molecule has 0 aliphatic rings. The van der Waals surface area contributed by atoms with Gasteiger partial charge < -0.3 is 10.5 Å². The first-order valence-electron chi connectivity index (χ1n) is 5.39. The van der Waals surface area contributed by atoms with E-state index in [1.54, 1.807) is 23.0 Å². The lowest BCUT2D eigenvalue weighted by atomic mass is 10.3. The van der Waals surface area contributed by atoms with Gasteiger partial charge in [0, 0.05) is 11.6 Å². The predicted octanol–water partition coefficient (Wildman–Crippen LogP) is 2.72. The van der Waals surface area contributed by atoms with Crippen LogP contribution in [0.2, 0.25) is 5.02 Å². The summed E-state index contributed by atoms with van der Waals surface area (Å²) in [6.45, 7) is 3.14. The number of halogens is 1. The van der Waals surface area contributed by atoms with Gasteiger partial charge in [0.1, 0.15) is 18.2 Å². The van der Waals surface area contributed by atoms with Crippen molar-refractivity contribution in [3.8, 4) is 5.75 Å². The Morgan fingerprint density at radius 3 is 2.94 bits per heavy atom. The summed E-state index contributed by atoms with van der Waals surface area (Å²) < 4.78 is 7.33. The summed E-state index contributed by atoms with van der Waals surface area (Å²) in [5, 5.41) is 4.80. The molecular weight excluding hydrogens is 238 g/mol. The molecule has 0 amide bonds. The number of nitrogens with zero attached hydrogens (tertiary/aromatic N) is 2. The molecule has 2 rings (SSSR count). The van der Waals surface area contributed by atoms with Crippen LogP contribution in [0, 0.1) is 0 Å². The van der Waals surface area contributed by atoms with E-state index in [9.17, 15) is 0 Å². The van der Waals surface area contributed by atoms with E-state index in [0.29, 0.717) is 17.4 Å². The van der Waals surface area contributed by atoms with Crippen LogP contribution in [0.3, 0.4) is 0 Å². The van der Waals surface area contributed by atoms with Crippen molar-refractivity contribution < 1.29 is 4.74 Å². The molecule has 1 aromatic heterocycles. The Morgan fingerprint density at radius 1 is 1.47 bits per heavy atom. The molecule has 0 atom stereocenters. The zero-order valence-electron chi connectivity index (χ0n) is 9.56. The van der Waals surface area contributed by atoms with Crippen molar-refractivity contribution in [2.75, 3.05) is 5.73 Å². The second-order valence-corrected chi connectivity index (χ2v) is 4.05. The molecule has 0 unspecified atom stereocenters. The molecule has 0 aliphatic carbocycles. The van der Waals surface area contributed by atoms with Crippen LogP contribution in [0.15, 0.2) is 30.5 Å². The number of nitrogen functional groups attached to an aromatic ring is 1. The summed E-state index contributed by atoms with van der Waals surface area (Å²) in [7, 11) is 0. The molecule has 2 aromatic rings. The minimum Gasteiger partial charge on any atom is -0.489 e. The highest BCUT2D eigenvalue weighted by molar-refractivity contribution is 6.30. The van der Waals surface area contributed by atoms with Crippen molar-refractivity contribution in [1.29, 1.82) is 0 Å². The van der Waals surface area contributed by atoms with Gasteiger partial charge in [0.15, 0.2) is 0 Å². The minimum atomic E-state index is 0.395. The highest BCUT2D eigenvalue weighted by Gasteiger charge is 2.06. The van der Waals surface area contributed by atoms with Crippen LogP contribution in [0.1, 0.15) is 12.5 Å². The van der Waals surface area contributed by atoms with Gasteiger partial charge in [-0.05, 0) is 25.1 Å². The maximum Gasteiger partial charge on any atom is 0.128 e. The quantitative estimate of drug-likeness (QED) is 0.909. The molecule has 0 saturated heterocycles. The summed E-state index contributed by atoms with van der Waals surface area (Å²) in [5.74, 6) is 1.37. The number of anilines is 1. The van der Waals surface area contributed by atoms with E-state index in [1.807, 2.05) is 19.1 Å². The zero-order valence-corrected chi connectivity index (χ0v) is 10.3. The lowest BCUT2D eigenvalue weighted by molar-refractivity contribution is 0.307. The zero-order chi connectivity index (χ0) is 12.3. The van der Waals surface area contributed by atoms with E-state index in [-0.39, 0.29) is 0 Å². The molecule has 1 heterocycles. The second-order valence-electron chi connectivity index (χ2n) is 3.62. The van der Waals surface area contributed by atoms with Gasteiger partial charge in [0.2, 0.25) is 0 Å². The summed E-state index contributed by atoms with van der Waals surface area (Å²) in [5.41, 5.74) is 6.78. The van der Waals surface area contributed by atoms with E-state index in [2.05, 4.69) is 5.10 Å². The Labute approximate surface area is 105 Å². The van der Waals surface area contributed by atoms with Gasteiger partial charge in [-0.3, -0.25) is 4.68 Å². The number of hydrogen-bond donors (Lipinski definition) is 1. The Balaban J connectivity index is 2.05. The summed E-state index contributed by atoms with van der Waals surface area (Å²) in [6.07, 6.45) is 1.73. The SMILES string of the molecule is CCn1ncc(COc2cccc(Cl)c2)c1N. The normalized spacial score (nSPS) is 10.5. The van der Waals surface area contributed by atoms with Crippen LogP contribution < -0.4 is 10.5 Å². The van der Waals surface area contributed by atoms with E-state index in [4.69, 9.17) is 22.1 Å². The standard InChI is InChI=1S/C12H14ClN3O/c1-2-16-12(14)9(7-15-16)8-17-11-5-3-4-10(13)6-11/h3-7H,2,8,14H2,1H3. The Bertz CT molecular complexity index is 510. The molecule has 5 heteroatoms. The molecule has 17 heavy (non-hydrogen) atoms. The molecule has 0 radical (unpaired) electrons. The van der Waals surface area contributed by atoms with Gasteiger partial charge in [-0.25, -0.2) is 0 Å². The number of ether oxygens (including phenoxy) is 1. The van der Waals surface area contributed by atoms with Crippen molar-refractivity contribution in [3.05, 3.63) is 41.0 Å². The molecule has 2 N–H and O–H groups in total. The fraction of sp³-hybridized carbons (Fsp3) is 0.250. The average molecular weight is 252 g/mol.